The van der Waals surface area contributed by atoms with E-state index >= 15 is 0 Å². The number of hydrogen-bond acceptors (Lipinski definition) is 4. The molecule has 0 bridgehead atoms. The first kappa shape index (κ1) is 13.7. The smallest absolute Gasteiger partial charge is 0.276 e. The van der Waals surface area contributed by atoms with Gasteiger partial charge in [0.2, 0.25) is 0 Å². The lowest BCUT2D eigenvalue weighted by Gasteiger charge is -2.08. The number of nitrogen functional groups attached to an aromatic ring is 1. The minimum atomic E-state index is -0.327. The van der Waals surface area contributed by atoms with Crippen LogP contribution in [0.3, 0.4) is 0 Å². The van der Waals surface area contributed by atoms with Crippen molar-refractivity contribution in [3.63, 3.8) is 0 Å². The van der Waals surface area contributed by atoms with E-state index in [1.54, 1.807) is 24.5 Å². The molecule has 2 heterocycles. The maximum absolute atomic E-state index is 12.4. The summed E-state index contributed by atoms with van der Waals surface area (Å²) in [5.74, 6) is 0.154. The van der Waals surface area contributed by atoms with Gasteiger partial charge < -0.3 is 11.1 Å². The number of amides is 1. The molecule has 0 aliphatic carbocycles. The Labute approximate surface area is 134 Å². The van der Waals surface area contributed by atoms with E-state index in [0.717, 1.165) is 8.96 Å². The van der Waals surface area contributed by atoms with Crippen LogP contribution in [0.2, 0.25) is 0 Å². The molecule has 0 saturated carbocycles. The minimum absolute atomic E-state index is 0.297. The Balaban J connectivity index is 2.00. The number of benzene rings is 1. The fraction of sp³-hybridized carbons (Fsp3) is 0. The molecule has 0 atom stereocenters. The summed E-state index contributed by atoms with van der Waals surface area (Å²) >= 11 is 2.15. The van der Waals surface area contributed by atoms with Crippen molar-refractivity contribution in [2.24, 2.45) is 0 Å². The topological polar surface area (TPSA) is 80.9 Å². The average molecular weight is 390 g/mol. The van der Waals surface area contributed by atoms with E-state index in [1.807, 2.05) is 24.3 Å². The largest absolute Gasteiger partial charge is 0.398 e. The molecule has 2 aromatic heterocycles. The van der Waals surface area contributed by atoms with Crippen molar-refractivity contribution in [2.75, 3.05) is 11.1 Å². The minimum Gasteiger partial charge on any atom is -0.398 e. The van der Waals surface area contributed by atoms with Crippen LogP contribution in [0.1, 0.15) is 10.5 Å². The van der Waals surface area contributed by atoms with E-state index in [4.69, 9.17) is 5.73 Å². The number of anilines is 2. The van der Waals surface area contributed by atoms with Crippen molar-refractivity contribution in [3.8, 4) is 0 Å². The molecule has 0 aliphatic heterocycles. The van der Waals surface area contributed by atoms with Crippen LogP contribution in [0.4, 0.5) is 11.5 Å². The Kier molecular flexibility index (Phi) is 3.70. The monoisotopic (exact) mass is 390 g/mol. The number of rotatable bonds is 2. The summed E-state index contributed by atoms with van der Waals surface area (Å²) < 4.78 is 0.998. The van der Waals surface area contributed by atoms with Gasteiger partial charge in [-0.05, 0) is 52.2 Å². The molecule has 1 aromatic carbocycles. The second-order valence-electron chi connectivity index (χ2n) is 4.42. The van der Waals surface area contributed by atoms with E-state index in [-0.39, 0.29) is 5.91 Å². The first-order valence-electron chi connectivity index (χ1n) is 6.21. The van der Waals surface area contributed by atoms with Crippen LogP contribution in [0.25, 0.3) is 10.8 Å². The first-order valence-corrected chi connectivity index (χ1v) is 7.29. The van der Waals surface area contributed by atoms with Crippen molar-refractivity contribution in [2.45, 2.75) is 0 Å². The van der Waals surface area contributed by atoms with Crippen LogP contribution in [0.5, 0.6) is 0 Å². The van der Waals surface area contributed by atoms with Gasteiger partial charge in [0.1, 0.15) is 11.5 Å². The molecular weight excluding hydrogens is 379 g/mol. The Hall–Kier alpha value is -2.22. The third-order valence-corrected chi connectivity index (χ3v) is 3.65. The summed E-state index contributed by atoms with van der Waals surface area (Å²) in [5.41, 5.74) is 6.80. The number of nitrogens with one attached hydrogen (secondary N) is 1. The van der Waals surface area contributed by atoms with E-state index in [9.17, 15) is 4.79 Å². The van der Waals surface area contributed by atoms with Crippen molar-refractivity contribution >= 4 is 50.8 Å². The van der Waals surface area contributed by atoms with Gasteiger partial charge in [0.25, 0.3) is 5.91 Å². The zero-order valence-electron chi connectivity index (χ0n) is 10.9. The van der Waals surface area contributed by atoms with E-state index in [2.05, 4.69) is 37.9 Å². The lowest BCUT2D eigenvalue weighted by Crippen LogP contribution is -2.15. The Morgan fingerprint density at radius 2 is 2.00 bits per heavy atom. The van der Waals surface area contributed by atoms with Gasteiger partial charge in [0.05, 0.1) is 0 Å². The van der Waals surface area contributed by atoms with Crippen molar-refractivity contribution in [1.29, 1.82) is 0 Å². The van der Waals surface area contributed by atoms with Crippen molar-refractivity contribution in [3.05, 3.63) is 58.1 Å². The van der Waals surface area contributed by atoms with Gasteiger partial charge in [0, 0.05) is 27.0 Å². The van der Waals surface area contributed by atoms with Gasteiger partial charge in [0.15, 0.2) is 0 Å². The third kappa shape index (κ3) is 2.80. The predicted octanol–water partition coefficient (Wildman–Crippen LogP) is 3.07. The molecule has 0 unspecified atom stereocenters. The fourth-order valence-electron chi connectivity index (χ4n) is 2.06. The van der Waals surface area contributed by atoms with Gasteiger partial charge in [-0.3, -0.25) is 9.78 Å². The summed E-state index contributed by atoms with van der Waals surface area (Å²) in [6, 6.07) is 10.9. The molecule has 0 saturated heterocycles. The average Bonchev–Trinajstić information content (AvgIpc) is 2.49. The van der Waals surface area contributed by atoms with E-state index < -0.39 is 0 Å². The van der Waals surface area contributed by atoms with Crippen LogP contribution in [-0.2, 0) is 0 Å². The summed E-state index contributed by atoms with van der Waals surface area (Å²) in [4.78, 5) is 20.7. The summed E-state index contributed by atoms with van der Waals surface area (Å²) in [7, 11) is 0. The highest BCUT2D eigenvalue weighted by atomic mass is 127. The number of carbonyl (C=O) groups excluding carboxylic acids is 1. The maximum Gasteiger partial charge on any atom is 0.276 e. The Bertz CT molecular complexity index is 812. The number of hydrogen-bond donors (Lipinski definition) is 2. The van der Waals surface area contributed by atoms with Gasteiger partial charge in [-0.25, -0.2) is 4.98 Å². The molecule has 5 nitrogen and oxygen atoms in total. The van der Waals surface area contributed by atoms with Crippen molar-refractivity contribution < 1.29 is 4.79 Å². The quantitative estimate of drug-likeness (QED) is 0.521. The van der Waals surface area contributed by atoms with Crippen molar-refractivity contribution in [1.82, 2.24) is 9.97 Å². The number of nitrogens with zero attached hydrogens (tertiary/aromatic N) is 2. The standard InChI is InChI=1S/C15H11IN4O/c16-10-4-5-12(19-8-10)20-15(21)14-13-9(6-7-18-14)2-1-3-11(13)17/h1-8H,17H2,(H,19,20,21). The lowest BCUT2D eigenvalue weighted by molar-refractivity contribution is 0.102. The van der Waals surface area contributed by atoms with Gasteiger partial charge >= 0.3 is 0 Å². The van der Waals surface area contributed by atoms with Crippen LogP contribution >= 0.6 is 22.6 Å². The molecule has 0 radical (unpaired) electrons. The Morgan fingerprint density at radius 1 is 1.14 bits per heavy atom. The van der Waals surface area contributed by atoms with Crippen LogP contribution in [-0.4, -0.2) is 15.9 Å². The predicted molar refractivity (Wildman–Crippen MR) is 91.1 cm³/mol. The molecule has 3 rings (SSSR count). The SMILES string of the molecule is Nc1cccc2ccnc(C(=O)Nc3ccc(I)cn3)c12. The molecule has 3 N–H and O–H groups in total. The van der Waals surface area contributed by atoms with E-state index in [1.165, 1.54) is 0 Å². The number of halogens is 1. The van der Waals surface area contributed by atoms with Gasteiger partial charge in [-0.2, -0.15) is 0 Å². The lowest BCUT2D eigenvalue weighted by atomic mass is 10.1. The molecule has 104 valence electrons. The number of carbonyl (C=O) groups is 1. The van der Waals surface area contributed by atoms with Crippen LogP contribution in [0.15, 0.2) is 48.8 Å². The zero-order valence-corrected chi connectivity index (χ0v) is 13.0. The van der Waals surface area contributed by atoms with E-state index in [0.29, 0.717) is 22.6 Å². The molecule has 21 heavy (non-hydrogen) atoms. The molecule has 0 spiro atoms. The van der Waals surface area contributed by atoms with Crippen LogP contribution < -0.4 is 11.1 Å². The summed E-state index contributed by atoms with van der Waals surface area (Å²) in [6.45, 7) is 0. The highest BCUT2D eigenvalue weighted by Gasteiger charge is 2.14. The molecule has 1 amide bonds. The second-order valence-corrected chi connectivity index (χ2v) is 5.67. The molecule has 3 aromatic rings. The number of aromatic nitrogens is 2. The highest BCUT2D eigenvalue weighted by Crippen LogP contribution is 2.23. The number of pyridine rings is 2. The molecule has 0 fully saturated rings. The first-order chi connectivity index (χ1) is 10.1. The normalized spacial score (nSPS) is 10.5. The van der Waals surface area contributed by atoms with Gasteiger partial charge in [-0.1, -0.05) is 12.1 Å². The Morgan fingerprint density at radius 3 is 2.76 bits per heavy atom. The molecular formula is C15H11IN4O. The second kappa shape index (κ2) is 5.65. The third-order valence-electron chi connectivity index (χ3n) is 3.01. The molecule has 0 aliphatic rings. The van der Waals surface area contributed by atoms with Gasteiger partial charge in [-0.15, -0.1) is 0 Å². The number of nitrogens with two attached hydrogens (primary N) is 1. The molecule has 6 heteroatoms. The summed E-state index contributed by atoms with van der Waals surface area (Å²) in [5, 5.41) is 4.27. The fourth-order valence-corrected chi connectivity index (χ4v) is 2.37. The van der Waals surface area contributed by atoms with Crippen LogP contribution in [0, 0.1) is 3.57 Å². The highest BCUT2D eigenvalue weighted by molar-refractivity contribution is 14.1. The zero-order chi connectivity index (χ0) is 14.8. The number of fused-ring (bicyclic) bond motifs is 1. The maximum atomic E-state index is 12.4. The summed E-state index contributed by atoms with van der Waals surface area (Å²) in [6.07, 6.45) is 3.28.